The van der Waals surface area contributed by atoms with Crippen LogP contribution in [-0.2, 0) is 0 Å². The summed E-state index contributed by atoms with van der Waals surface area (Å²) in [6.45, 7) is 0. The van der Waals surface area contributed by atoms with Crippen LogP contribution in [0.15, 0.2) is 36.4 Å². The number of carbonyl (C=O) groups excluding carboxylic acids is 1. The predicted octanol–water partition coefficient (Wildman–Crippen LogP) is 4.76. The highest BCUT2D eigenvalue weighted by Gasteiger charge is 2.23. The van der Waals surface area contributed by atoms with Gasteiger partial charge in [0, 0.05) is 14.7 Å². The van der Waals surface area contributed by atoms with Gasteiger partial charge in [-0.2, -0.15) is 0 Å². The van der Waals surface area contributed by atoms with Gasteiger partial charge in [-0.25, -0.2) is 0 Å². The summed E-state index contributed by atoms with van der Waals surface area (Å²) in [5.41, 5.74) is -0.0156. The maximum absolute atomic E-state index is 12.3. The first-order chi connectivity index (χ1) is 9.90. The molecular formula is C13H7Cl2IN2O3. The van der Waals surface area contributed by atoms with E-state index < -0.39 is 10.8 Å². The molecule has 2 rings (SSSR count). The smallest absolute Gasteiger partial charge is 0.283 e. The van der Waals surface area contributed by atoms with Crippen LogP contribution < -0.4 is 5.32 Å². The first kappa shape index (κ1) is 16.0. The Hall–Kier alpha value is -1.38. The van der Waals surface area contributed by atoms with Gasteiger partial charge in [-0.05, 0) is 46.9 Å². The highest BCUT2D eigenvalue weighted by atomic mass is 127. The molecule has 8 heteroatoms. The van der Waals surface area contributed by atoms with E-state index in [1.807, 2.05) is 22.6 Å². The van der Waals surface area contributed by atoms with E-state index in [0.29, 0.717) is 14.3 Å². The van der Waals surface area contributed by atoms with E-state index in [0.717, 1.165) is 0 Å². The van der Waals surface area contributed by atoms with Crippen LogP contribution in [0, 0.1) is 13.7 Å². The van der Waals surface area contributed by atoms with Gasteiger partial charge in [-0.3, -0.25) is 14.9 Å². The van der Waals surface area contributed by atoms with Gasteiger partial charge in [0.1, 0.15) is 5.56 Å². The molecule has 0 unspecified atom stereocenters. The molecule has 0 aliphatic carbocycles. The topological polar surface area (TPSA) is 72.2 Å². The van der Waals surface area contributed by atoms with Crippen molar-refractivity contribution in [3.8, 4) is 0 Å². The molecule has 2 aromatic carbocycles. The number of nitrogens with zero attached hydrogens (tertiary/aromatic N) is 1. The molecule has 0 saturated heterocycles. The number of benzene rings is 2. The quantitative estimate of drug-likeness (QED) is 0.428. The van der Waals surface area contributed by atoms with Crippen molar-refractivity contribution < 1.29 is 9.72 Å². The Labute approximate surface area is 143 Å². The van der Waals surface area contributed by atoms with Gasteiger partial charge in [0.05, 0.1) is 15.6 Å². The standard InChI is InChI=1S/C13H7Cl2IN2O3/c14-7-4-5-10(9(16)6-7)17-13(19)12-8(15)2-1-3-11(12)18(20)21/h1-6H,(H,17,19). The van der Waals surface area contributed by atoms with Crippen LogP contribution in [0.4, 0.5) is 11.4 Å². The van der Waals surface area contributed by atoms with Crippen LogP contribution in [0.3, 0.4) is 0 Å². The minimum atomic E-state index is -0.646. The predicted molar refractivity (Wildman–Crippen MR) is 90.2 cm³/mol. The fourth-order valence-corrected chi connectivity index (χ4v) is 2.93. The number of nitro groups is 1. The number of nitrogens with one attached hydrogen (secondary N) is 1. The number of halogens is 3. The van der Waals surface area contributed by atoms with E-state index in [-0.39, 0.29) is 16.3 Å². The number of hydrogen-bond acceptors (Lipinski definition) is 3. The van der Waals surface area contributed by atoms with Crippen LogP contribution in [0.5, 0.6) is 0 Å². The highest BCUT2D eigenvalue weighted by molar-refractivity contribution is 14.1. The van der Waals surface area contributed by atoms with Crippen molar-refractivity contribution >= 4 is 63.1 Å². The van der Waals surface area contributed by atoms with Crippen molar-refractivity contribution in [2.75, 3.05) is 5.32 Å². The highest BCUT2D eigenvalue weighted by Crippen LogP contribution is 2.28. The van der Waals surface area contributed by atoms with Crippen molar-refractivity contribution in [1.29, 1.82) is 0 Å². The van der Waals surface area contributed by atoms with Crippen LogP contribution >= 0.6 is 45.8 Å². The molecule has 2 aromatic rings. The summed E-state index contributed by atoms with van der Waals surface area (Å²) < 4.78 is 0.711. The second-order valence-corrected chi connectivity index (χ2v) is 5.98. The number of rotatable bonds is 3. The molecule has 0 saturated carbocycles. The summed E-state index contributed by atoms with van der Waals surface area (Å²) in [4.78, 5) is 22.6. The Morgan fingerprint density at radius 1 is 1.24 bits per heavy atom. The molecule has 0 fully saturated rings. The van der Waals surface area contributed by atoms with Crippen LogP contribution in [0.2, 0.25) is 10.0 Å². The molecule has 1 amide bonds. The van der Waals surface area contributed by atoms with Gasteiger partial charge in [-0.1, -0.05) is 29.3 Å². The third-order valence-electron chi connectivity index (χ3n) is 2.59. The fourth-order valence-electron chi connectivity index (χ4n) is 1.67. The average Bonchev–Trinajstić information content (AvgIpc) is 2.41. The summed E-state index contributed by atoms with van der Waals surface area (Å²) in [5, 5.41) is 14.1. The van der Waals surface area contributed by atoms with Gasteiger partial charge in [0.2, 0.25) is 0 Å². The molecule has 0 heterocycles. The summed E-state index contributed by atoms with van der Waals surface area (Å²) >= 11 is 13.7. The van der Waals surface area contributed by atoms with Crippen LogP contribution in [0.1, 0.15) is 10.4 Å². The molecule has 0 aromatic heterocycles. The van der Waals surface area contributed by atoms with Crippen molar-refractivity contribution in [3.05, 3.63) is 65.7 Å². The summed E-state index contributed by atoms with van der Waals surface area (Å²) in [5.74, 6) is -0.646. The molecule has 0 spiro atoms. The first-order valence-corrected chi connectivity index (χ1v) is 7.43. The maximum Gasteiger partial charge on any atom is 0.283 e. The zero-order valence-electron chi connectivity index (χ0n) is 10.3. The van der Waals surface area contributed by atoms with Crippen LogP contribution in [-0.4, -0.2) is 10.8 Å². The Kier molecular flexibility index (Phi) is 5.02. The third-order valence-corrected chi connectivity index (χ3v) is 4.04. The lowest BCUT2D eigenvalue weighted by Crippen LogP contribution is -2.15. The van der Waals surface area contributed by atoms with E-state index >= 15 is 0 Å². The second kappa shape index (κ2) is 6.59. The Balaban J connectivity index is 2.39. The van der Waals surface area contributed by atoms with Crippen molar-refractivity contribution in [2.24, 2.45) is 0 Å². The number of nitro benzene ring substituents is 1. The average molecular weight is 437 g/mol. The molecule has 5 nitrogen and oxygen atoms in total. The third kappa shape index (κ3) is 3.63. The fraction of sp³-hybridized carbons (Fsp3) is 0. The SMILES string of the molecule is O=C(Nc1ccc(Cl)cc1I)c1c(Cl)cccc1[N+](=O)[O-]. The van der Waals surface area contributed by atoms with E-state index in [4.69, 9.17) is 23.2 Å². The number of carbonyl (C=O) groups is 1. The molecule has 0 atom stereocenters. The second-order valence-electron chi connectivity index (χ2n) is 3.97. The largest absolute Gasteiger partial charge is 0.321 e. The van der Waals surface area contributed by atoms with Gasteiger partial charge < -0.3 is 5.32 Å². The summed E-state index contributed by atoms with van der Waals surface area (Å²) in [6, 6.07) is 8.97. The zero-order valence-corrected chi connectivity index (χ0v) is 13.9. The first-order valence-electron chi connectivity index (χ1n) is 5.59. The lowest BCUT2D eigenvalue weighted by atomic mass is 10.1. The molecule has 108 valence electrons. The van der Waals surface area contributed by atoms with E-state index in [1.54, 1.807) is 18.2 Å². The van der Waals surface area contributed by atoms with Crippen molar-refractivity contribution in [2.45, 2.75) is 0 Å². The maximum atomic E-state index is 12.3. The monoisotopic (exact) mass is 436 g/mol. The van der Waals surface area contributed by atoms with Crippen molar-refractivity contribution in [1.82, 2.24) is 0 Å². The zero-order chi connectivity index (χ0) is 15.6. The minimum Gasteiger partial charge on any atom is -0.321 e. The van der Waals surface area contributed by atoms with E-state index in [2.05, 4.69) is 5.32 Å². The molecular weight excluding hydrogens is 430 g/mol. The Morgan fingerprint density at radius 2 is 1.95 bits per heavy atom. The molecule has 0 bridgehead atoms. The normalized spacial score (nSPS) is 10.2. The molecule has 0 aliphatic heterocycles. The molecule has 1 N–H and O–H groups in total. The minimum absolute atomic E-state index is 0.0191. The summed E-state index contributed by atoms with van der Waals surface area (Å²) in [7, 11) is 0. The van der Waals surface area contributed by atoms with Gasteiger partial charge >= 0.3 is 0 Å². The van der Waals surface area contributed by atoms with Crippen molar-refractivity contribution in [3.63, 3.8) is 0 Å². The Bertz CT molecular complexity index is 737. The summed E-state index contributed by atoms with van der Waals surface area (Å²) in [6.07, 6.45) is 0. The molecule has 21 heavy (non-hydrogen) atoms. The number of hydrogen-bond donors (Lipinski definition) is 1. The van der Waals surface area contributed by atoms with E-state index in [9.17, 15) is 14.9 Å². The van der Waals surface area contributed by atoms with Crippen LogP contribution in [0.25, 0.3) is 0 Å². The van der Waals surface area contributed by atoms with E-state index in [1.165, 1.54) is 18.2 Å². The number of anilines is 1. The molecule has 0 radical (unpaired) electrons. The molecule has 0 aliphatic rings. The lowest BCUT2D eigenvalue weighted by Gasteiger charge is -2.09. The van der Waals surface area contributed by atoms with Gasteiger partial charge in [-0.15, -0.1) is 0 Å². The Morgan fingerprint density at radius 3 is 2.57 bits per heavy atom. The lowest BCUT2D eigenvalue weighted by molar-refractivity contribution is -0.385. The number of amides is 1. The van der Waals surface area contributed by atoms with Gasteiger partial charge in [0.15, 0.2) is 0 Å². The van der Waals surface area contributed by atoms with Gasteiger partial charge in [0.25, 0.3) is 11.6 Å².